The van der Waals surface area contributed by atoms with Crippen LogP contribution in [0.2, 0.25) is 18.6 Å². The molecular formula is C34H37N7O7Si. The first-order chi connectivity index (χ1) is 23.4. The van der Waals surface area contributed by atoms with Crippen molar-refractivity contribution < 1.29 is 24.4 Å². The maximum atomic E-state index is 14.7. The van der Waals surface area contributed by atoms with Crippen molar-refractivity contribution in [2.24, 2.45) is 5.92 Å². The van der Waals surface area contributed by atoms with E-state index in [9.17, 15) is 29.6 Å². The third kappa shape index (κ3) is 5.48. The summed E-state index contributed by atoms with van der Waals surface area (Å²) in [6.07, 6.45) is 2.00. The van der Waals surface area contributed by atoms with E-state index >= 15 is 0 Å². The summed E-state index contributed by atoms with van der Waals surface area (Å²) >= 11 is 0. The Morgan fingerprint density at radius 3 is 2.55 bits per heavy atom. The second-order valence-corrected chi connectivity index (χ2v) is 17.4. The molecule has 4 heterocycles. The highest BCUT2D eigenvalue weighted by Crippen LogP contribution is 2.60. The number of fused-ring (bicyclic) bond motifs is 3. The number of hydrogen-bond donors (Lipinski definition) is 3. The Balaban J connectivity index is 1.22. The number of nitro benzene ring substituents is 1. The lowest BCUT2D eigenvalue weighted by molar-refractivity contribution is -0.385. The lowest BCUT2D eigenvalue weighted by Crippen LogP contribution is -2.46. The first-order valence-corrected chi connectivity index (χ1v) is 19.2. The lowest BCUT2D eigenvalue weighted by atomic mass is 9.82. The molecule has 7 rings (SSSR count). The Morgan fingerprint density at radius 2 is 1.86 bits per heavy atom. The number of nitrogens with one attached hydrogen (secondary N) is 1. The van der Waals surface area contributed by atoms with E-state index in [2.05, 4.69) is 15.4 Å². The molecule has 14 nitrogen and oxygen atoms in total. The molecule has 2 aliphatic heterocycles. The molecule has 3 aromatic carbocycles. The highest BCUT2D eigenvalue weighted by atomic mass is 28.4. The summed E-state index contributed by atoms with van der Waals surface area (Å²) < 4.78 is 9.94. The zero-order chi connectivity index (χ0) is 34.7. The van der Waals surface area contributed by atoms with Crippen molar-refractivity contribution in [3.05, 3.63) is 110 Å². The van der Waals surface area contributed by atoms with Gasteiger partial charge in [-0.3, -0.25) is 29.5 Å². The van der Waals surface area contributed by atoms with Gasteiger partial charge in [0.2, 0.25) is 0 Å². The molecule has 2 aliphatic rings. The fraction of sp³-hybridized carbons (Fsp3) is 0.353. The average Bonchev–Trinajstić information content (AvgIpc) is 3.80. The van der Waals surface area contributed by atoms with E-state index in [1.54, 1.807) is 40.0 Å². The van der Waals surface area contributed by atoms with Gasteiger partial charge in [0.15, 0.2) is 13.9 Å². The van der Waals surface area contributed by atoms with Gasteiger partial charge < -0.3 is 19.5 Å². The number of hydrogen-bond acceptors (Lipinski definition) is 9. The van der Waals surface area contributed by atoms with E-state index in [1.165, 1.54) is 16.8 Å². The maximum Gasteiger partial charge on any atom is 0.279 e. The number of aliphatic hydroxyl groups excluding tert-OH is 1. The smallest absolute Gasteiger partial charge is 0.279 e. The summed E-state index contributed by atoms with van der Waals surface area (Å²) in [5.74, 6) is -0.845. The van der Waals surface area contributed by atoms with Crippen molar-refractivity contribution >= 4 is 36.5 Å². The topological polar surface area (TPSA) is 182 Å². The standard InChI is InChI=1S/C34H37N7O7Si/c1-21-31(49(2,3)47)30(14-16-38-20-23(15-17-42)35-37-38)48-34(21)27-18-25(41(45)46)12-13-29(27)39(33(34)44)19-22-8-10-24(11-9-22)40-32(43)26-6-4-5-7-28(26)36-40/h4-13,18,20-21,30-31,36,42,47H,14-17,19H2,1-3H3/t21-,30+,31-,34+/m0/s1. The molecule has 0 unspecified atom stereocenters. The fourth-order valence-corrected chi connectivity index (χ4v) is 10.3. The largest absolute Gasteiger partial charge is 0.432 e. The Kier molecular flexibility index (Phi) is 8.09. The first kappa shape index (κ1) is 32.6. The van der Waals surface area contributed by atoms with Crippen LogP contribution in [0.5, 0.6) is 0 Å². The number of aromatic amines is 1. The van der Waals surface area contributed by atoms with Crippen LogP contribution in [0.4, 0.5) is 11.4 Å². The van der Waals surface area contributed by atoms with Crippen molar-refractivity contribution in [3.63, 3.8) is 0 Å². The predicted octanol–water partition coefficient (Wildman–Crippen LogP) is 3.79. The van der Waals surface area contributed by atoms with Crippen molar-refractivity contribution in [2.75, 3.05) is 11.5 Å². The number of carbonyl (C=O) groups is 1. The van der Waals surface area contributed by atoms with Gasteiger partial charge in [-0.05, 0) is 55.4 Å². The molecule has 0 radical (unpaired) electrons. The molecule has 254 valence electrons. The molecule has 0 saturated carbocycles. The molecule has 1 spiro atoms. The van der Waals surface area contributed by atoms with Gasteiger partial charge in [0, 0.05) is 54.9 Å². The minimum atomic E-state index is -2.97. The Hall–Kier alpha value is -4.96. The number of rotatable bonds is 10. The van der Waals surface area contributed by atoms with Gasteiger partial charge in [-0.15, -0.1) is 5.10 Å². The molecule has 1 amide bonds. The number of para-hydroxylation sites is 1. The van der Waals surface area contributed by atoms with Crippen LogP contribution in [0, 0.1) is 16.0 Å². The van der Waals surface area contributed by atoms with Crippen LogP contribution in [0.15, 0.2) is 77.7 Å². The zero-order valence-electron chi connectivity index (χ0n) is 27.3. The Bertz CT molecular complexity index is 2120. The highest BCUT2D eigenvalue weighted by molar-refractivity contribution is 6.71. The number of amides is 1. The van der Waals surface area contributed by atoms with Crippen LogP contribution in [-0.4, -0.2) is 66.5 Å². The van der Waals surface area contributed by atoms with Gasteiger partial charge in [0.05, 0.1) is 45.5 Å². The van der Waals surface area contributed by atoms with Gasteiger partial charge in [-0.25, -0.2) is 4.68 Å². The number of aliphatic hydroxyl groups is 1. The van der Waals surface area contributed by atoms with Crippen molar-refractivity contribution in [1.82, 2.24) is 24.8 Å². The molecule has 0 bridgehead atoms. The Labute approximate surface area is 281 Å². The average molecular weight is 684 g/mol. The number of anilines is 1. The van der Waals surface area contributed by atoms with Gasteiger partial charge in [-0.1, -0.05) is 36.4 Å². The van der Waals surface area contributed by atoms with E-state index in [4.69, 9.17) is 4.74 Å². The quantitative estimate of drug-likeness (QED) is 0.112. The summed E-state index contributed by atoms with van der Waals surface area (Å²) in [4.78, 5) is 52.4. The van der Waals surface area contributed by atoms with Crippen LogP contribution >= 0.6 is 0 Å². The van der Waals surface area contributed by atoms with Crippen molar-refractivity contribution in [1.29, 1.82) is 0 Å². The number of carbonyl (C=O) groups excluding carboxylic acids is 1. The van der Waals surface area contributed by atoms with E-state index in [0.29, 0.717) is 47.4 Å². The third-order valence-corrected chi connectivity index (χ3v) is 12.4. The second kappa shape index (κ2) is 12.2. The predicted molar refractivity (Wildman–Crippen MR) is 183 cm³/mol. The molecule has 5 aromatic rings. The molecule has 1 saturated heterocycles. The summed E-state index contributed by atoms with van der Waals surface area (Å²) in [7, 11) is -2.97. The van der Waals surface area contributed by atoms with Crippen molar-refractivity contribution in [2.45, 2.75) is 63.2 Å². The van der Waals surface area contributed by atoms with Gasteiger partial charge in [-0.2, -0.15) is 0 Å². The minimum absolute atomic E-state index is 0.0464. The minimum Gasteiger partial charge on any atom is -0.432 e. The highest BCUT2D eigenvalue weighted by Gasteiger charge is 2.66. The van der Waals surface area contributed by atoms with Crippen LogP contribution < -0.4 is 10.5 Å². The molecule has 0 aliphatic carbocycles. The number of non-ortho nitro benzene ring substituents is 1. The number of benzene rings is 3. The number of aryl methyl sites for hydroxylation is 1. The van der Waals surface area contributed by atoms with Crippen LogP contribution in [0.25, 0.3) is 16.6 Å². The number of H-pyrrole nitrogens is 1. The molecule has 4 atom stereocenters. The SMILES string of the molecule is C[C@H]1[C@H]([Si](C)(C)O)[C@@H](CCn2cc(CCO)nn2)O[C@]12C(=O)N(Cc1ccc(-n3[nH]c4ccccc4c3=O)cc1)c1ccc([N+](=O)[O-])cc12. The molecular weight excluding hydrogens is 647 g/mol. The molecule has 49 heavy (non-hydrogen) atoms. The second-order valence-electron chi connectivity index (χ2n) is 13.4. The number of ether oxygens (including phenoxy) is 1. The van der Waals surface area contributed by atoms with E-state index in [-0.39, 0.29) is 35.8 Å². The van der Waals surface area contributed by atoms with Gasteiger partial charge >= 0.3 is 0 Å². The molecule has 15 heteroatoms. The summed E-state index contributed by atoms with van der Waals surface area (Å²) in [6, 6.07) is 19.0. The van der Waals surface area contributed by atoms with E-state index in [1.807, 2.05) is 50.3 Å². The molecule has 2 aromatic heterocycles. The van der Waals surface area contributed by atoms with E-state index < -0.39 is 30.9 Å². The number of nitrogens with zero attached hydrogens (tertiary/aromatic N) is 6. The van der Waals surface area contributed by atoms with Crippen LogP contribution in [0.1, 0.15) is 30.2 Å². The zero-order valence-corrected chi connectivity index (χ0v) is 28.3. The number of nitro groups is 1. The normalized spacial score (nSPS) is 22.0. The summed E-state index contributed by atoms with van der Waals surface area (Å²) in [5, 5.41) is 33.1. The van der Waals surface area contributed by atoms with Gasteiger partial charge in [0.1, 0.15) is 0 Å². The van der Waals surface area contributed by atoms with Crippen LogP contribution in [0.3, 0.4) is 0 Å². The van der Waals surface area contributed by atoms with Crippen molar-refractivity contribution in [3.8, 4) is 5.69 Å². The summed E-state index contributed by atoms with van der Waals surface area (Å²) in [5.41, 5.74) is 1.46. The van der Waals surface area contributed by atoms with E-state index in [0.717, 1.165) is 11.1 Å². The number of aromatic nitrogens is 5. The lowest BCUT2D eigenvalue weighted by Gasteiger charge is -2.32. The van der Waals surface area contributed by atoms with Gasteiger partial charge in [0.25, 0.3) is 17.2 Å². The molecule has 3 N–H and O–H groups in total. The first-order valence-electron chi connectivity index (χ1n) is 16.2. The summed E-state index contributed by atoms with van der Waals surface area (Å²) in [6.45, 7) is 6.05. The monoisotopic (exact) mass is 683 g/mol. The third-order valence-electron chi connectivity index (χ3n) is 9.90. The Morgan fingerprint density at radius 1 is 1.10 bits per heavy atom. The maximum absolute atomic E-state index is 14.7. The fourth-order valence-electron chi connectivity index (χ4n) is 7.72. The van der Waals surface area contributed by atoms with Crippen LogP contribution in [-0.2, 0) is 34.6 Å². The molecule has 1 fully saturated rings.